The maximum absolute atomic E-state index is 12.5. The molecule has 0 aliphatic rings. The smallest absolute Gasteiger partial charge is 0.233 e. The molecule has 0 bridgehead atoms. The first-order valence-electron chi connectivity index (χ1n) is 8.38. The minimum Gasteiger partial charge on any atom is -0.496 e. The number of benzene rings is 2. The van der Waals surface area contributed by atoms with E-state index in [-0.39, 0.29) is 11.2 Å². The second-order valence-corrected chi connectivity index (χ2v) is 7.21. The second-order valence-electron chi connectivity index (χ2n) is 5.88. The molecule has 0 fully saturated rings. The largest absolute Gasteiger partial charge is 0.496 e. The van der Waals surface area contributed by atoms with Crippen LogP contribution in [0.4, 0.5) is 0 Å². The number of nitrogens with one attached hydrogen (secondary N) is 1. The van der Waals surface area contributed by atoms with Crippen molar-refractivity contribution in [2.45, 2.75) is 30.7 Å². The van der Waals surface area contributed by atoms with Crippen LogP contribution in [0.3, 0.4) is 0 Å². The lowest BCUT2D eigenvalue weighted by Crippen LogP contribution is -2.30. The van der Waals surface area contributed by atoms with E-state index in [4.69, 9.17) is 4.74 Å². The van der Waals surface area contributed by atoms with Crippen molar-refractivity contribution in [1.29, 1.82) is 0 Å². The zero-order chi connectivity index (χ0) is 18.5. The molecule has 1 N–H and O–H groups in total. The molecule has 6 heteroatoms. The summed E-state index contributed by atoms with van der Waals surface area (Å²) in [6.07, 6.45) is 0. The van der Waals surface area contributed by atoms with Gasteiger partial charge in [0.1, 0.15) is 16.6 Å². The van der Waals surface area contributed by atoms with Crippen molar-refractivity contribution in [2.75, 3.05) is 7.11 Å². The van der Waals surface area contributed by atoms with Gasteiger partial charge in [-0.3, -0.25) is 4.79 Å². The molecule has 0 radical (unpaired) electrons. The Labute approximate surface area is 157 Å². The Bertz CT molecular complexity index is 930. The standard InChI is InChI=1S/C20H21N3O2S/c1-13(19(24)21-12-15-8-4-7-11-18(15)25-3)26-20-16-9-5-6-10-17(16)22-14(2)23-20/h4-11,13H,12H2,1-3H3,(H,21,24)/t13-/m1/s1. The van der Waals surface area contributed by atoms with E-state index in [9.17, 15) is 4.79 Å². The number of fused-ring (bicyclic) bond motifs is 1. The molecule has 1 atom stereocenters. The fraction of sp³-hybridized carbons (Fsp3) is 0.250. The summed E-state index contributed by atoms with van der Waals surface area (Å²) in [6.45, 7) is 4.18. The molecule has 0 spiro atoms. The van der Waals surface area contributed by atoms with Gasteiger partial charge in [-0.2, -0.15) is 0 Å². The van der Waals surface area contributed by atoms with Crippen LogP contribution in [0.25, 0.3) is 10.9 Å². The molecule has 134 valence electrons. The van der Waals surface area contributed by atoms with Crippen molar-refractivity contribution in [3.63, 3.8) is 0 Å². The summed E-state index contributed by atoms with van der Waals surface area (Å²) >= 11 is 1.45. The van der Waals surface area contributed by atoms with Gasteiger partial charge in [-0.25, -0.2) is 9.97 Å². The third-order valence-electron chi connectivity index (χ3n) is 3.98. The molecule has 3 rings (SSSR count). The van der Waals surface area contributed by atoms with Crippen LogP contribution in [0.5, 0.6) is 5.75 Å². The summed E-state index contributed by atoms with van der Waals surface area (Å²) < 4.78 is 5.32. The minimum atomic E-state index is -0.276. The summed E-state index contributed by atoms with van der Waals surface area (Å²) in [6, 6.07) is 15.5. The van der Waals surface area contributed by atoms with Crippen LogP contribution in [-0.2, 0) is 11.3 Å². The van der Waals surface area contributed by atoms with Crippen molar-refractivity contribution < 1.29 is 9.53 Å². The van der Waals surface area contributed by atoms with Crippen LogP contribution < -0.4 is 10.1 Å². The Morgan fingerprint density at radius 3 is 2.69 bits per heavy atom. The predicted molar refractivity (Wildman–Crippen MR) is 104 cm³/mol. The Morgan fingerprint density at radius 1 is 1.15 bits per heavy atom. The van der Waals surface area contributed by atoms with Gasteiger partial charge in [0, 0.05) is 17.5 Å². The number of carbonyl (C=O) groups excluding carboxylic acids is 1. The summed E-state index contributed by atoms with van der Waals surface area (Å²) in [5.41, 5.74) is 1.84. The molecule has 0 unspecified atom stereocenters. The maximum atomic E-state index is 12.5. The van der Waals surface area contributed by atoms with Crippen LogP contribution in [0.15, 0.2) is 53.6 Å². The number of hydrogen-bond acceptors (Lipinski definition) is 5. The van der Waals surface area contributed by atoms with Crippen LogP contribution in [-0.4, -0.2) is 28.2 Å². The van der Waals surface area contributed by atoms with E-state index >= 15 is 0 Å². The number of amides is 1. The number of para-hydroxylation sites is 2. The van der Waals surface area contributed by atoms with Gasteiger partial charge < -0.3 is 10.1 Å². The summed E-state index contributed by atoms with van der Waals surface area (Å²) in [5.74, 6) is 1.43. The number of carbonyl (C=O) groups is 1. The minimum absolute atomic E-state index is 0.0405. The van der Waals surface area contributed by atoms with Gasteiger partial charge in [0.2, 0.25) is 5.91 Å². The summed E-state index contributed by atoms with van der Waals surface area (Å²) in [7, 11) is 1.63. The number of thioether (sulfide) groups is 1. The molecule has 0 saturated carbocycles. The van der Waals surface area contributed by atoms with Gasteiger partial charge in [-0.15, -0.1) is 0 Å². The SMILES string of the molecule is COc1ccccc1CNC(=O)[C@@H](C)Sc1nc(C)nc2ccccc12. The number of aromatic nitrogens is 2. The normalized spacial score (nSPS) is 12.0. The van der Waals surface area contributed by atoms with Crippen molar-refractivity contribution in [2.24, 2.45) is 0 Å². The van der Waals surface area contributed by atoms with E-state index in [1.165, 1.54) is 11.8 Å². The van der Waals surface area contributed by atoms with E-state index in [1.54, 1.807) is 7.11 Å². The highest BCUT2D eigenvalue weighted by Crippen LogP contribution is 2.28. The van der Waals surface area contributed by atoms with Crippen molar-refractivity contribution in [1.82, 2.24) is 15.3 Å². The fourth-order valence-electron chi connectivity index (χ4n) is 2.64. The molecule has 26 heavy (non-hydrogen) atoms. The summed E-state index contributed by atoms with van der Waals surface area (Å²) in [5, 5.41) is 4.49. The number of ether oxygens (including phenoxy) is 1. The molecule has 5 nitrogen and oxygen atoms in total. The summed E-state index contributed by atoms with van der Waals surface area (Å²) in [4.78, 5) is 21.5. The Kier molecular flexibility index (Phi) is 5.73. The highest BCUT2D eigenvalue weighted by Gasteiger charge is 2.17. The predicted octanol–water partition coefficient (Wildman–Crippen LogP) is 3.74. The number of nitrogens with zero attached hydrogens (tertiary/aromatic N) is 2. The third-order valence-corrected chi connectivity index (χ3v) is 5.09. The zero-order valence-electron chi connectivity index (χ0n) is 15.0. The maximum Gasteiger partial charge on any atom is 0.233 e. The van der Waals surface area contributed by atoms with Crippen molar-refractivity contribution in [3.05, 3.63) is 59.9 Å². The molecular weight excluding hydrogens is 346 g/mol. The molecule has 0 saturated heterocycles. The first-order chi connectivity index (χ1) is 12.6. The average Bonchev–Trinajstić information content (AvgIpc) is 2.66. The van der Waals surface area contributed by atoms with Gasteiger partial charge in [0.25, 0.3) is 0 Å². The Balaban J connectivity index is 1.70. The molecule has 1 aromatic heterocycles. The Morgan fingerprint density at radius 2 is 1.88 bits per heavy atom. The van der Waals surface area contributed by atoms with E-state index in [0.717, 1.165) is 27.2 Å². The van der Waals surface area contributed by atoms with Crippen LogP contribution in [0.1, 0.15) is 18.3 Å². The number of hydrogen-bond donors (Lipinski definition) is 1. The van der Waals surface area contributed by atoms with Crippen LogP contribution >= 0.6 is 11.8 Å². The van der Waals surface area contributed by atoms with Gasteiger partial charge in [-0.1, -0.05) is 48.2 Å². The van der Waals surface area contributed by atoms with E-state index in [0.29, 0.717) is 12.4 Å². The van der Waals surface area contributed by atoms with Crippen LogP contribution in [0, 0.1) is 6.92 Å². The molecule has 1 amide bonds. The molecule has 3 aromatic rings. The van der Waals surface area contributed by atoms with Gasteiger partial charge in [0.05, 0.1) is 17.9 Å². The molecule has 0 aliphatic carbocycles. The van der Waals surface area contributed by atoms with Crippen LogP contribution in [0.2, 0.25) is 0 Å². The average molecular weight is 367 g/mol. The molecular formula is C20H21N3O2S. The van der Waals surface area contributed by atoms with E-state index < -0.39 is 0 Å². The lowest BCUT2D eigenvalue weighted by molar-refractivity contribution is -0.120. The highest BCUT2D eigenvalue weighted by molar-refractivity contribution is 8.00. The monoisotopic (exact) mass is 367 g/mol. The van der Waals surface area contributed by atoms with Gasteiger partial charge in [0.15, 0.2) is 0 Å². The quantitative estimate of drug-likeness (QED) is 0.531. The fourth-order valence-corrected chi connectivity index (χ4v) is 3.65. The molecule has 0 aliphatic heterocycles. The van der Waals surface area contributed by atoms with E-state index in [1.807, 2.05) is 62.4 Å². The first kappa shape index (κ1) is 18.2. The zero-order valence-corrected chi connectivity index (χ0v) is 15.8. The number of aryl methyl sites for hydroxylation is 1. The lowest BCUT2D eigenvalue weighted by atomic mass is 10.2. The first-order valence-corrected chi connectivity index (χ1v) is 9.26. The Hall–Kier alpha value is -2.60. The van der Waals surface area contributed by atoms with E-state index in [2.05, 4.69) is 15.3 Å². The molecule has 1 heterocycles. The van der Waals surface area contributed by atoms with Crippen molar-refractivity contribution in [3.8, 4) is 5.75 Å². The highest BCUT2D eigenvalue weighted by atomic mass is 32.2. The van der Waals surface area contributed by atoms with Gasteiger partial charge >= 0.3 is 0 Å². The van der Waals surface area contributed by atoms with Crippen molar-refractivity contribution >= 4 is 28.6 Å². The topological polar surface area (TPSA) is 64.1 Å². The molecule has 2 aromatic carbocycles. The number of methoxy groups -OCH3 is 1. The van der Waals surface area contributed by atoms with Gasteiger partial charge in [-0.05, 0) is 26.0 Å². The third kappa shape index (κ3) is 4.14. The second kappa shape index (κ2) is 8.19. The lowest BCUT2D eigenvalue weighted by Gasteiger charge is -2.14. The number of rotatable bonds is 6.